The molecule has 7 nitrogen and oxygen atoms in total. The minimum Gasteiger partial charge on any atom is -0.496 e. The number of anilines is 2. The zero-order valence-electron chi connectivity index (χ0n) is 17.6. The van der Waals surface area contributed by atoms with Crippen molar-refractivity contribution in [3.05, 3.63) is 77.6 Å². The van der Waals surface area contributed by atoms with Crippen LogP contribution in [0.2, 0.25) is 0 Å². The van der Waals surface area contributed by atoms with E-state index in [1.54, 1.807) is 53.4 Å². The van der Waals surface area contributed by atoms with Gasteiger partial charge in [0.2, 0.25) is 0 Å². The highest BCUT2D eigenvalue weighted by Gasteiger charge is 2.26. The highest BCUT2D eigenvalue weighted by molar-refractivity contribution is 6.08. The fraction of sp³-hybridized carbons (Fsp3) is 0.167. The number of amides is 2. The van der Waals surface area contributed by atoms with Gasteiger partial charge in [-0.3, -0.25) is 9.59 Å². The minimum absolute atomic E-state index is 0.133. The van der Waals surface area contributed by atoms with E-state index in [0.717, 1.165) is 5.56 Å². The standard InChI is InChI=1S/C24H21FN2O5/c1-30-19-4-3-5-20(31-2)23(19)24(29)26-17-10-11-18-21(12-17)32-14-22(28)27(18)13-15-6-8-16(25)9-7-15/h3-12H,13-14H2,1-2H3,(H,26,29). The number of carbonyl (C=O) groups excluding carboxylic acids is 2. The Bertz CT molecular complexity index is 1140. The van der Waals surface area contributed by atoms with Crippen LogP contribution in [0.3, 0.4) is 0 Å². The monoisotopic (exact) mass is 436 g/mol. The van der Waals surface area contributed by atoms with Crippen LogP contribution >= 0.6 is 0 Å². The van der Waals surface area contributed by atoms with E-state index >= 15 is 0 Å². The van der Waals surface area contributed by atoms with Crippen LogP contribution < -0.4 is 24.4 Å². The topological polar surface area (TPSA) is 77.1 Å². The minimum atomic E-state index is -0.408. The van der Waals surface area contributed by atoms with Crippen molar-refractivity contribution in [1.82, 2.24) is 0 Å². The summed E-state index contributed by atoms with van der Waals surface area (Å²) in [6.45, 7) is 0.144. The quantitative estimate of drug-likeness (QED) is 0.632. The van der Waals surface area contributed by atoms with Gasteiger partial charge in [0, 0.05) is 11.8 Å². The third-order valence-electron chi connectivity index (χ3n) is 5.07. The summed E-state index contributed by atoms with van der Waals surface area (Å²) in [6.07, 6.45) is 0. The Morgan fingerprint density at radius 1 is 1.06 bits per heavy atom. The predicted molar refractivity (Wildman–Crippen MR) is 117 cm³/mol. The summed E-state index contributed by atoms with van der Waals surface area (Å²) in [6, 6.07) is 16.1. The molecule has 0 saturated heterocycles. The molecular weight excluding hydrogens is 415 g/mol. The molecule has 2 amide bonds. The molecular formula is C24H21FN2O5. The summed E-state index contributed by atoms with van der Waals surface area (Å²) in [4.78, 5) is 26.9. The molecule has 0 spiro atoms. The molecule has 3 aromatic carbocycles. The summed E-state index contributed by atoms with van der Waals surface area (Å²) in [5.74, 6) is 0.261. The fourth-order valence-electron chi connectivity index (χ4n) is 3.50. The number of ether oxygens (including phenoxy) is 3. The molecule has 0 unspecified atom stereocenters. The normalized spacial score (nSPS) is 12.6. The van der Waals surface area contributed by atoms with E-state index in [-0.39, 0.29) is 30.4 Å². The first kappa shape index (κ1) is 21.2. The summed E-state index contributed by atoms with van der Waals surface area (Å²) in [5, 5.41) is 2.82. The van der Waals surface area contributed by atoms with E-state index in [0.29, 0.717) is 28.6 Å². The van der Waals surface area contributed by atoms with Crippen molar-refractivity contribution < 1.29 is 28.2 Å². The van der Waals surface area contributed by atoms with Gasteiger partial charge in [0.15, 0.2) is 6.61 Å². The van der Waals surface area contributed by atoms with E-state index in [4.69, 9.17) is 14.2 Å². The summed E-state index contributed by atoms with van der Waals surface area (Å²) in [7, 11) is 2.95. The first-order chi connectivity index (χ1) is 15.5. The SMILES string of the molecule is COc1cccc(OC)c1C(=O)Nc1ccc2c(c1)OCC(=O)N2Cc1ccc(F)cc1. The van der Waals surface area contributed by atoms with Gasteiger partial charge in [-0.1, -0.05) is 18.2 Å². The zero-order valence-corrected chi connectivity index (χ0v) is 17.6. The van der Waals surface area contributed by atoms with Crippen molar-refractivity contribution in [2.75, 3.05) is 31.0 Å². The number of hydrogen-bond donors (Lipinski definition) is 1. The third kappa shape index (κ3) is 4.20. The van der Waals surface area contributed by atoms with Gasteiger partial charge in [0.05, 0.1) is 26.5 Å². The number of fused-ring (bicyclic) bond motifs is 1. The van der Waals surface area contributed by atoms with Gasteiger partial charge in [-0.05, 0) is 42.0 Å². The Hall–Kier alpha value is -4.07. The van der Waals surface area contributed by atoms with Crippen molar-refractivity contribution >= 4 is 23.2 Å². The predicted octanol–water partition coefficient (Wildman–Crippen LogP) is 4.02. The second-order valence-electron chi connectivity index (χ2n) is 7.07. The fourth-order valence-corrected chi connectivity index (χ4v) is 3.50. The lowest BCUT2D eigenvalue weighted by Gasteiger charge is -2.30. The van der Waals surface area contributed by atoms with Crippen molar-refractivity contribution in [1.29, 1.82) is 0 Å². The maximum Gasteiger partial charge on any atom is 0.265 e. The number of rotatable bonds is 6. The number of nitrogens with one attached hydrogen (secondary N) is 1. The molecule has 4 rings (SSSR count). The van der Waals surface area contributed by atoms with Crippen LogP contribution in [0.5, 0.6) is 17.2 Å². The highest BCUT2D eigenvalue weighted by Crippen LogP contribution is 2.36. The van der Waals surface area contributed by atoms with Crippen LogP contribution in [0, 0.1) is 5.82 Å². The number of benzene rings is 3. The van der Waals surface area contributed by atoms with Crippen molar-refractivity contribution in [3.8, 4) is 17.2 Å². The van der Waals surface area contributed by atoms with E-state index in [1.165, 1.54) is 26.4 Å². The van der Waals surface area contributed by atoms with Gasteiger partial charge in [0.1, 0.15) is 28.6 Å². The third-order valence-corrected chi connectivity index (χ3v) is 5.07. The Labute approximate surface area is 184 Å². The number of hydrogen-bond acceptors (Lipinski definition) is 5. The molecule has 0 bridgehead atoms. The number of nitrogens with zero attached hydrogens (tertiary/aromatic N) is 1. The molecule has 0 aromatic heterocycles. The Morgan fingerprint density at radius 2 is 1.75 bits per heavy atom. The smallest absolute Gasteiger partial charge is 0.265 e. The molecule has 3 aromatic rings. The highest BCUT2D eigenvalue weighted by atomic mass is 19.1. The van der Waals surface area contributed by atoms with E-state index < -0.39 is 5.91 Å². The van der Waals surface area contributed by atoms with Gasteiger partial charge in [-0.2, -0.15) is 0 Å². The molecule has 0 saturated carbocycles. The molecule has 1 aliphatic heterocycles. The van der Waals surface area contributed by atoms with Crippen molar-refractivity contribution in [2.45, 2.75) is 6.54 Å². The lowest BCUT2D eigenvalue weighted by molar-refractivity contribution is -0.121. The van der Waals surface area contributed by atoms with Gasteiger partial charge < -0.3 is 24.4 Å². The molecule has 1 aliphatic rings. The Morgan fingerprint density at radius 3 is 2.41 bits per heavy atom. The average molecular weight is 436 g/mol. The Kier molecular flexibility index (Phi) is 5.93. The van der Waals surface area contributed by atoms with Crippen LogP contribution in [0.1, 0.15) is 15.9 Å². The van der Waals surface area contributed by atoms with Crippen molar-refractivity contribution in [2.24, 2.45) is 0 Å². The molecule has 0 radical (unpaired) electrons. The molecule has 0 aliphatic carbocycles. The van der Waals surface area contributed by atoms with Crippen LogP contribution in [0.15, 0.2) is 60.7 Å². The summed E-state index contributed by atoms with van der Waals surface area (Å²) < 4.78 is 29.4. The molecule has 32 heavy (non-hydrogen) atoms. The van der Waals surface area contributed by atoms with Crippen molar-refractivity contribution in [3.63, 3.8) is 0 Å². The average Bonchev–Trinajstić information content (AvgIpc) is 2.81. The van der Waals surface area contributed by atoms with E-state index in [1.807, 2.05) is 0 Å². The van der Waals surface area contributed by atoms with Gasteiger partial charge in [0.25, 0.3) is 11.8 Å². The van der Waals surface area contributed by atoms with Gasteiger partial charge in [-0.15, -0.1) is 0 Å². The molecule has 1 N–H and O–H groups in total. The van der Waals surface area contributed by atoms with E-state index in [2.05, 4.69) is 5.32 Å². The molecule has 1 heterocycles. The van der Waals surface area contributed by atoms with Crippen LogP contribution in [-0.4, -0.2) is 32.6 Å². The summed E-state index contributed by atoms with van der Waals surface area (Å²) >= 11 is 0. The molecule has 8 heteroatoms. The lowest BCUT2D eigenvalue weighted by atomic mass is 10.1. The molecule has 0 atom stereocenters. The zero-order chi connectivity index (χ0) is 22.7. The second kappa shape index (κ2) is 8.97. The summed E-state index contributed by atoms with van der Waals surface area (Å²) in [5.41, 5.74) is 2.11. The number of methoxy groups -OCH3 is 2. The first-order valence-electron chi connectivity index (χ1n) is 9.84. The number of carbonyl (C=O) groups is 2. The largest absolute Gasteiger partial charge is 0.496 e. The molecule has 164 valence electrons. The maximum atomic E-state index is 13.2. The van der Waals surface area contributed by atoms with E-state index in [9.17, 15) is 14.0 Å². The van der Waals surface area contributed by atoms with Crippen LogP contribution in [0.4, 0.5) is 15.8 Å². The molecule has 0 fully saturated rings. The maximum absolute atomic E-state index is 13.2. The Balaban J connectivity index is 1.58. The van der Waals surface area contributed by atoms with Gasteiger partial charge in [-0.25, -0.2) is 4.39 Å². The second-order valence-corrected chi connectivity index (χ2v) is 7.07. The van der Waals surface area contributed by atoms with Crippen LogP contribution in [-0.2, 0) is 11.3 Å². The van der Waals surface area contributed by atoms with Crippen LogP contribution in [0.25, 0.3) is 0 Å². The first-order valence-corrected chi connectivity index (χ1v) is 9.84. The van der Waals surface area contributed by atoms with Gasteiger partial charge >= 0.3 is 0 Å². The lowest BCUT2D eigenvalue weighted by Crippen LogP contribution is -2.38. The number of halogens is 1.